The summed E-state index contributed by atoms with van der Waals surface area (Å²) in [6, 6.07) is 9.82. The van der Waals surface area contributed by atoms with Gasteiger partial charge in [0, 0.05) is 31.8 Å². The first kappa shape index (κ1) is 16.4. The number of nitrogens with zero attached hydrogens (tertiary/aromatic N) is 1. The van der Waals surface area contributed by atoms with Crippen LogP contribution in [0.25, 0.3) is 10.9 Å². The average Bonchev–Trinajstić information content (AvgIpc) is 2.60. The van der Waals surface area contributed by atoms with Gasteiger partial charge in [-0.25, -0.2) is 4.79 Å². The lowest BCUT2D eigenvalue weighted by Crippen LogP contribution is -2.32. The molecule has 0 aliphatic carbocycles. The molecule has 8 nitrogen and oxygen atoms in total. The molecule has 0 aliphatic heterocycles. The molecule has 0 radical (unpaired) electrons. The number of amides is 1. The van der Waals surface area contributed by atoms with E-state index >= 15 is 0 Å². The van der Waals surface area contributed by atoms with E-state index in [0.29, 0.717) is 16.5 Å². The van der Waals surface area contributed by atoms with Crippen LogP contribution in [0, 0.1) is 0 Å². The summed E-state index contributed by atoms with van der Waals surface area (Å²) in [6.07, 6.45) is 1.58. The van der Waals surface area contributed by atoms with E-state index in [1.807, 2.05) is 0 Å². The predicted molar refractivity (Wildman–Crippen MR) is 92.4 cm³/mol. The third-order valence-corrected chi connectivity index (χ3v) is 3.80. The molecule has 1 amide bonds. The van der Waals surface area contributed by atoms with Crippen LogP contribution in [-0.2, 0) is 17.9 Å². The monoisotopic (exact) mass is 340 g/mol. The smallest absolute Gasteiger partial charge is 0.328 e. The molecule has 0 saturated carbocycles. The number of hydrogen-bond acceptors (Lipinski definition) is 4. The van der Waals surface area contributed by atoms with Crippen LogP contribution in [0.15, 0.2) is 57.0 Å². The van der Waals surface area contributed by atoms with Gasteiger partial charge in [0.25, 0.3) is 5.56 Å². The first-order chi connectivity index (χ1) is 12.0. The van der Waals surface area contributed by atoms with Crippen molar-refractivity contribution in [2.45, 2.75) is 19.5 Å². The average molecular weight is 340 g/mol. The van der Waals surface area contributed by atoms with Crippen LogP contribution in [-0.4, -0.2) is 20.4 Å². The summed E-state index contributed by atoms with van der Waals surface area (Å²) in [5.74, 6) is -0.262. The Labute approximate surface area is 141 Å². The molecule has 25 heavy (non-hydrogen) atoms. The van der Waals surface area contributed by atoms with Gasteiger partial charge in [-0.15, -0.1) is 0 Å². The zero-order chi connectivity index (χ0) is 17.8. The van der Waals surface area contributed by atoms with E-state index in [0.717, 1.165) is 0 Å². The van der Waals surface area contributed by atoms with E-state index in [1.165, 1.54) is 16.8 Å². The van der Waals surface area contributed by atoms with Crippen molar-refractivity contribution in [1.82, 2.24) is 19.9 Å². The van der Waals surface area contributed by atoms with E-state index in [2.05, 4.69) is 15.3 Å². The van der Waals surface area contributed by atoms with E-state index in [-0.39, 0.29) is 31.0 Å². The van der Waals surface area contributed by atoms with Crippen molar-refractivity contribution in [3.63, 3.8) is 0 Å². The summed E-state index contributed by atoms with van der Waals surface area (Å²) in [7, 11) is 0. The molecule has 0 spiro atoms. The number of aryl methyl sites for hydroxylation is 1. The van der Waals surface area contributed by atoms with Crippen LogP contribution in [0.2, 0.25) is 0 Å². The van der Waals surface area contributed by atoms with Gasteiger partial charge in [0.2, 0.25) is 11.5 Å². The second-order valence-electron chi connectivity index (χ2n) is 5.52. The largest absolute Gasteiger partial charge is 0.352 e. The lowest BCUT2D eigenvalue weighted by Gasteiger charge is -2.09. The molecule has 3 N–H and O–H groups in total. The number of carbonyl (C=O) groups is 1. The fraction of sp³-hybridized carbons (Fsp3) is 0.176. The molecule has 0 atom stereocenters. The maximum Gasteiger partial charge on any atom is 0.328 e. The number of nitrogens with one attached hydrogen (secondary N) is 3. The molecule has 0 unspecified atom stereocenters. The Bertz CT molecular complexity index is 1090. The Hall–Kier alpha value is -3.42. The van der Waals surface area contributed by atoms with Crippen LogP contribution in [0.4, 0.5) is 0 Å². The molecule has 128 valence electrons. The molecule has 1 aromatic carbocycles. The normalized spacial score (nSPS) is 10.7. The van der Waals surface area contributed by atoms with Crippen molar-refractivity contribution in [2.75, 3.05) is 0 Å². The molecule has 2 heterocycles. The number of benzene rings is 1. The van der Waals surface area contributed by atoms with Gasteiger partial charge in [-0.3, -0.25) is 23.9 Å². The highest BCUT2D eigenvalue weighted by Gasteiger charge is 2.09. The maximum absolute atomic E-state index is 12.0. The molecule has 0 saturated heterocycles. The summed E-state index contributed by atoms with van der Waals surface area (Å²) in [5.41, 5.74) is -0.0675. The Kier molecular flexibility index (Phi) is 4.60. The zero-order valence-electron chi connectivity index (χ0n) is 13.2. The Morgan fingerprint density at radius 3 is 2.72 bits per heavy atom. The molecule has 0 aliphatic rings. The first-order valence-corrected chi connectivity index (χ1v) is 7.71. The third-order valence-electron chi connectivity index (χ3n) is 3.80. The number of aromatic nitrogens is 3. The van der Waals surface area contributed by atoms with Crippen molar-refractivity contribution in [2.24, 2.45) is 0 Å². The van der Waals surface area contributed by atoms with E-state index in [4.69, 9.17) is 0 Å². The summed E-state index contributed by atoms with van der Waals surface area (Å²) in [4.78, 5) is 51.8. The van der Waals surface area contributed by atoms with Crippen LogP contribution in [0.3, 0.4) is 0 Å². The van der Waals surface area contributed by atoms with Crippen molar-refractivity contribution in [1.29, 1.82) is 0 Å². The second-order valence-corrected chi connectivity index (χ2v) is 5.52. The highest BCUT2D eigenvalue weighted by molar-refractivity contribution is 5.78. The summed E-state index contributed by atoms with van der Waals surface area (Å²) >= 11 is 0. The molecular weight excluding hydrogens is 324 g/mol. The zero-order valence-corrected chi connectivity index (χ0v) is 13.2. The highest BCUT2D eigenvalue weighted by Crippen LogP contribution is 2.07. The van der Waals surface area contributed by atoms with Crippen molar-refractivity contribution < 1.29 is 4.79 Å². The number of fused-ring (bicyclic) bond motifs is 1. The predicted octanol–water partition coefficient (Wildman–Crippen LogP) is 0.0846. The Morgan fingerprint density at radius 1 is 1.12 bits per heavy atom. The van der Waals surface area contributed by atoms with Crippen molar-refractivity contribution >= 4 is 16.8 Å². The highest BCUT2D eigenvalue weighted by atomic mass is 16.2. The molecule has 0 bridgehead atoms. The van der Waals surface area contributed by atoms with Crippen LogP contribution in [0.5, 0.6) is 0 Å². The second kappa shape index (κ2) is 7.00. The van der Waals surface area contributed by atoms with E-state index in [9.17, 15) is 19.2 Å². The van der Waals surface area contributed by atoms with Crippen molar-refractivity contribution in [3.8, 4) is 0 Å². The summed E-state index contributed by atoms with van der Waals surface area (Å²) < 4.78 is 1.36. The molecule has 8 heteroatoms. The maximum atomic E-state index is 12.0. The first-order valence-electron chi connectivity index (χ1n) is 7.71. The molecule has 3 aromatic rings. The van der Waals surface area contributed by atoms with Gasteiger partial charge in [0.1, 0.15) is 0 Å². The van der Waals surface area contributed by atoms with Gasteiger partial charge in [-0.2, -0.15) is 0 Å². The SMILES string of the molecule is O=C(CCn1c(=O)[nH]c(=O)c2ccccc21)NCc1cc[nH]c(=O)c1. The van der Waals surface area contributed by atoms with Gasteiger partial charge in [-0.05, 0) is 23.8 Å². The van der Waals surface area contributed by atoms with E-state index in [1.54, 1.807) is 30.3 Å². The third kappa shape index (κ3) is 3.74. The van der Waals surface area contributed by atoms with Gasteiger partial charge in [0.15, 0.2) is 0 Å². The van der Waals surface area contributed by atoms with Crippen LogP contribution in [0.1, 0.15) is 12.0 Å². The summed E-state index contributed by atoms with van der Waals surface area (Å²) in [6.45, 7) is 0.362. The fourth-order valence-corrected chi connectivity index (χ4v) is 2.57. The minimum atomic E-state index is -0.550. The summed E-state index contributed by atoms with van der Waals surface area (Å²) in [5, 5.41) is 3.09. The molecule has 2 aromatic heterocycles. The number of carbonyl (C=O) groups excluding carboxylic acids is 1. The van der Waals surface area contributed by atoms with Crippen LogP contribution < -0.4 is 22.1 Å². The minimum Gasteiger partial charge on any atom is -0.352 e. The quantitative estimate of drug-likeness (QED) is 0.610. The van der Waals surface area contributed by atoms with Gasteiger partial charge in [0.05, 0.1) is 10.9 Å². The van der Waals surface area contributed by atoms with Crippen LogP contribution >= 0.6 is 0 Å². The number of rotatable bonds is 5. The fourth-order valence-electron chi connectivity index (χ4n) is 2.57. The number of para-hydroxylation sites is 1. The number of pyridine rings is 1. The van der Waals surface area contributed by atoms with Crippen molar-refractivity contribution in [3.05, 3.63) is 79.4 Å². The lowest BCUT2D eigenvalue weighted by atomic mass is 10.2. The van der Waals surface area contributed by atoms with Gasteiger partial charge >= 0.3 is 5.69 Å². The molecule has 0 fully saturated rings. The van der Waals surface area contributed by atoms with Gasteiger partial charge in [-0.1, -0.05) is 12.1 Å². The Morgan fingerprint density at radius 2 is 1.92 bits per heavy atom. The number of hydrogen-bond donors (Lipinski definition) is 3. The van der Waals surface area contributed by atoms with E-state index < -0.39 is 11.2 Å². The lowest BCUT2D eigenvalue weighted by molar-refractivity contribution is -0.121. The van der Waals surface area contributed by atoms with Gasteiger partial charge < -0.3 is 10.3 Å². The topological polar surface area (TPSA) is 117 Å². The number of aromatic amines is 2. The standard InChI is InChI=1S/C17H16N4O4/c22-14(19-10-11-5-7-18-15(23)9-11)6-8-21-13-4-2-1-3-12(13)16(24)20-17(21)25/h1-5,7,9H,6,8,10H2,(H,18,23)(H,19,22)(H,20,24,25). The Balaban J connectivity index is 1.70. The molecule has 3 rings (SSSR count). The number of H-pyrrole nitrogens is 2. The molecular formula is C17H16N4O4. The minimum absolute atomic E-state index is 0.0686.